The Morgan fingerprint density at radius 2 is 1.56 bits per heavy atom. The SMILES string of the molecule is CCNC(=O)[C@H](C)N(Cc1ccccc1)C(=O)CN(c1ccc(Cl)cc1)S(=O)(=O)c1ccc(C)cc1. The largest absolute Gasteiger partial charge is 0.355 e. The number of aryl methyl sites for hydroxylation is 1. The first kappa shape index (κ1) is 27.2. The monoisotopic (exact) mass is 527 g/mol. The van der Waals surface area contributed by atoms with Crippen molar-refractivity contribution >= 4 is 39.1 Å². The fraction of sp³-hybridized carbons (Fsp3) is 0.259. The highest BCUT2D eigenvalue weighted by Crippen LogP contribution is 2.26. The quantitative estimate of drug-likeness (QED) is 0.423. The van der Waals surface area contributed by atoms with E-state index in [4.69, 9.17) is 11.6 Å². The lowest BCUT2D eigenvalue weighted by molar-refractivity contribution is -0.139. The molecule has 0 bridgehead atoms. The number of hydrogen-bond donors (Lipinski definition) is 1. The molecule has 0 aliphatic rings. The fourth-order valence-electron chi connectivity index (χ4n) is 3.66. The Kier molecular flexibility index (Phi) is 9.12. The van der Waals surface area contributed by atoms with Crippen LogP contribution in [0.5, 0.6) is 0 Å². The molecule has 190 valence electrons. The average molecular weight is 528 g/mol. The lowest BCUT2D eigenvalue weighted by Gasteiger charge is -2.32. The molecule has 0 radical (unpaired) electrons. The van der Waals surface area contributed by atoms with E-state index in [1.807, 2.05) is 37.3 Å². The molecule has 0 heterocycles. The van der Waals surface area contributed by atoms with E-state index >= 15 is 0 Å². The fourth-order valence-corrected chi connectivity index (χ4v) is 5.20. The molecule has 7 nitrogen and oxygen atoms in total. The second kappa shape index (κ2) is 12.1. The highest BCUT2D eigenvalue weighted by atomic mass is 35.5. The smallest absolute Gasteiger partial charge is 0.264 e. The summed E-state index contributed by atoms with van der Waals surface area (Å²) >= 11 is 6.03. The number of carbonyl (C=O) groups is 2. The second-order valence-corrected chi connectivity index (χ2v) is 10.7. The number of likely N-dealkylation sites (N-methyl/N-ethyl adjacent to an activating group) is 1. The molecule has 0 unspecified atom stereocenters. The van der Waals surface area contributed by atoms with Crippen LogP contribution in [0.3, 0.4) is 0 Å². The number of anilines is 1. The van der Waals surface area contributed by atoms with Gasteiger partial charge in [0.1, 0.15) is 12.6 Å². The zero-order chi connectivity index (χ0) is 26.3. The molecular formula is C27H30ClN3O4S. The molecule has 0 saturated heterocycles. The van der Waals surface area contributed by atoms with Gasteiger partial charge in [-0.15, -0.1) is 0 Å². The van der Waals surface area contributed by atoms with Gasteiger partial charge >= 0.3 is 0 Å². The highest BCUT2D eigenvalue weighted by molar-refractivity contribution is 7.92. The van der Waals surface area contributed by atoms with Crippen LogP contribution >= 0.6 is 11.6 Å². The van der Waals surface area contributed by atoms with Crippen molar-refractivity contribution in [3.8, 4) is 0 Å². The van der Waals surface area contributed by atoms with Gasteiger partial charge in [-0.2, -0.15) is 0 Å². The van der Waals surface area contributed by atoms with Crippen molar-refractivity contribution in [2.45, 2.75) is 38.3 Å². The molecule has 0 saturated carbocycles. The first-order chi connectivity index (χ1) is 17.1. The van der Waals surface area contributed by atoms with E-state index in [0.717, 1.165) is 15.4 Å². The van der Waals surface area contributed by atoms with Gasteiger partial charge in [0.05, 0.1) is 10.6 Å². The molecule has 3 aromatic rings. The van der Waals surface area contributed by atoms with E-state index in [-0.39, 0.29) is 17.3 Å². The van der Waals surface area contributed by atoms with Crippen LogP contribution in [-0.4, -0.2) is 44.3 Å². The third-order valence-electron chi connectivity index (χ3n) is 5.72. The Balaban J connectivity index is 2.01. The second-order valence-electron chi connectivity index (χ2n) is 8.38. The molecule has 0 spiro atoms. The summed E-state index contributed by atoms with van der Waals surface area (Å²) in [6.45, 7) is 5.36. The summed E-state index contributed by atoms with van der Waals surface area (Å²) in [7, 11) is -4.10. The Morgan fingerprint density at radius 1 is 0.944 bits per heavy atom. The molecular weight excluding hydrogens is 498 g/mol. The number of halogens is 1. The normalized spacial score (nSPS) is 12.0. The topological polar surface area (TPSA) is 86.8 Å². The number of nitrogens with zero attached hydrogens (tertiary/aromatic N) is 2. The number of carbonyl (C=O) groups excluding carboxylic acids is 2. The standard InChI is InChI=1S/C27H30ClN3O4S/c1-4-29-27(33)21(3)30(18-22-8-6-5-7-9-22)26(32)19-31(24-14-12-23(28)13-15-24)36(34,35)25-16-10-20(2)11-17-25/h5-17,21H,4,18-19H2,1-3H3,(H,29,33)/t21-/m0/s1. The van der Waals surface area contributed by atoms with Crippen LogP contribution in [0.15, 0.2) is 83.8 Å². The molecule has 3 aromatic carbocycles. The molecule has 1 N–H and O–H groups in total. The van der Waals surface area contributed by atoms with Crippen LogP contribution in [-0.2, 0) is 26.2 Å². The van der Waals surface area contributed by atoms with Crippen molar-refractivity contribution in [2.24, 2.45) is 0 Å². The first-order valence-corrected chi connectivity index (χ1v) is 13.4. The van der Waals surface area contributed by atoms with Crippen LogP contribution in [0.2, 0.25) is 5.02 Å². The molecule has 0 fully saturated rings. The van der Waals surface area contributed by atoms with Gasteiger partial charge < -0.3 is 10.2 Å². The maximum atomic E-state index is 13.7. The Morgan fingerprint density at radius 3 is 2.14 bits per heavy atom. The third-order valence-corrected chi connectivity index (χ3v) is 7.76. The molecule has 0 aromatic heterocycles. The van der Waals surface area contributed by atoms with Crippen molar-refractivity contribution in [3.05, 3.63) is 95.0 Å². The van der Waals surface area contributed by atoms with Gasteiger partial charge in [-0.05, 0) is 62.7 Å². The number of rotatable bonds is 10. The van der Waals surface area contributed by atoms with Gasteiger partial charge in [0.25, 0.3) is 10.0 Å². The Labute approximate surface area is 217 Å². The molecule has 9 heteroatoms. The minimum absolute atomic E-state index is 0.0576. The predicted molar refractivity (Wildman–Crippen MR) is 142 cm³/mol. The van der Waals surface area contributed by atoms with Gasteiger partial charge in [-0.3, -0.25) is 13.9 Å². The van der Waals surface area contributed by atoms with Crippen molar-refractivity contribution < 1.29 is 18.0 Å². The third kappa shape index (κ3) is 6.65. The van der Waals surface area contributed by atoms with E-state index in [1.54, 1.807) is 50.2 Å². The van der Waals surface area contributed by atoms with Gasteiger partial charge in [0.15, 0.2) is 0 Å². The first-order valence-electron chi connectivity index (χ1n) is 11.6. The van der Waals surface area contributed by atoms with E-state index in [0.29, 0.717) is 17.3 Å². The highest BCUT2D eigenvalue weighted by Gasteiger charge is 2.32. The van der Waals surface area contributed by atoms with E-state index in [2.05, 4.69) is 5.32 Å². The van der Waals surface area contributed by atoms with Gasteiger partial charge in [0, 0.05) is 18.1 Å². The van der Waals surface area contributed by atoms with Crippen molar-refractivity contribution in [3.63, 3.8) is 0 Å². The van der Waals surface area contributed by atoms with Gasteiger partial charge in [-0.25, -0.2) is 8.42 Å². The Bertz CT molecular complexity index is 1280. The molecule has 0 aliphatic heterocycles. The zero-order valence-electron chi connectivity index (χ0n) is 20.5. The molecule has 1 atom stereocenters. The summed E-state index contributed by atoms with van der Waals surface area (Å²) in [6, 6.07) is 21.1. The number of benzene rings is 3. The minimum atomic E-state index is -4.10. The maximum absolute atomic E-state index is 13.7. The summed E-state index contributed by atoms with van der Waals surface area (Å²) in [5, 5.41) is 3.18. The summed E-state index contributed by atoms with van der Waals surface area (Å²) in [5.41, 5.74) is 2.02. The van der Waals surface area contributed by atoms with Crippen LogP contribution in [0, 0.1) is 6.92 Å². The van der Waals surface area contributed by atoms with Crippen LogP contribution in [0.4, 0.5) is 5.69 Å². The number of hydrogen-bond acceptors (Lipinski definition) is 4. The van der Waals surface area contributed by atoms with E-state index in [9.17, 15) is 18.0 Å². The summed E-state index contributed by atoms with van der Waals surface area (Å²) in [4.78, 5) is 27.8. The van der Waals surface area contributed by atoms with Crippen molar-refractivity contribution in [1.29, 1.82) is 0 Å². The molecule has 0 aliphatic carbocycles. The van der Waals surface area contributed by atoms with Gasteiger partial charge in [-0.1, -0.05) is 59.6 Å². The lowest BCUT2D eigenvalue weighted by Crippen LogP contribution is -2.51. The summed E-state index contributed by atoms with van der Waals surface area (Å²) in [5.74, 6) is -0.829. The zero-order valence-corrected chi connectivity index (χ0v) is 22.1. The van der Waals surface area contributed by atoms with Crippen molar-refractivity contribution in [1.82, 2.24) is 10.2 Å². The number of amides is 2. The van der Waals surface area contributed by atoms with Crippen LogP contribution in [0.1, 0.15) is 25.0 Å². The maximum Gasteiger partial charge on any atom is 0.264 e. The Hall–Kier alpha value is -3.36. The molecule has 3 rings (SSSR count). The number of nitrogens with one attached hydrogen (secondary N) is 1. The van der Waals surface area contributed by atoms with Crippen LogP contribution < -0.4 is 9.62 Å². The number of sulfonamides is 1. The van der Waals surface area contributed by atoms with Gasteiger partial charge in [0.2, 0.25) is 11.8 Å². The predicted octanol–water partition coefficient (Wildman–Crippen LogP) is 4.40. The van der Waals surface area contributed by atoms with E-state index < -0.39 is 28.5 Å². The van der Waals surface area contributed by atoms with E-state index in [1.165, 1.54) is 17.0 Å². The average Bonchev–Trinajstić information content (AvgIpc) is 2.87. The minimum Gasteiger partial charge on any atom is -0.355 e. The molecule has 36 heavy (non-hydrogen) atoms. The van der Waals surface area contributed by atoms with Crippen molar-refractivity contribution in [2.75, 3.05) is 17.4 Å². The van der Waals surface area contributed by atoms with Crippen LogP contribution in [0.25, 0.3) is 0 Å². The molecule has 2 amide bonds. The summed E-state index contributed by atoms with van der Waals surface area (Å²) < 4.78 is 28.4. The summed E-state index contributed by atoms with van der Waals surface area (Å²) in [6.07, 6.45) is 0. The lowest BCUT2D eigenvalue weighted by atomic mass is 10.1.